The van der Waals surface area contributed by atoms with Gasteiger partial charge in [0.2, 0.25) is 0 Å². The van der Waals surface area contributed by atoms with Crippen LogP contribution < -0.4 is 11.3 Å². The molecule has 0 heterocycles. The van der Waals surface area contributed by atoms with Crippen LogP contribution in [0.1, 0.15) is 30.5 Å². The normalized spacial score (nSPS) is 10.9. The van der Waals surface area contributed by atoms with E-state index < -0.39 is 0 Å². The van der Waals surface area contributed by atoms with Gasteiger partial charge in [0, 0.05) is 6.54 Å². The smallest absolute Gasteiger partial charge is 0.0517 e. The SMILES string of the molecule is CCN(CC)CCc1cc(C)c(NN)cc1C. The fourth-order valence-electron chi connectivity index (χ4n) is 2.12. The molecule has 3 N–H and O–H groups in total. The Labute approximate surface area is 105 Å². The molecule has 0 aliphatic rings. The van der Waals surface area contributed by atoms with Crippen LogP contribution in [0.2, 0.25) is 0 Å². The van der Waals surface area contributed by atoms with Crippen LogP contribution in [0.4, 0.5) is 5.69 Å². The highest BCUT2D eigenvalue weighted by atomic mass is 15.2. The predicted octanol–water partition coefficient (Wildman–Crippen LogP) is 2.47. The molecule has 1 rings (SSSR count). The summed E-state index contributed by atoms with van der Waals surface area (Å²) in [5, 5.41) is 0. The Balaban J connectivity index is 2.75. The van der Waals surface area contributed by atoms with Gasteiger partial charge in [-0.1, -0.05) is 19.9 Å². The van der Waals surface area contributed by atoms with E-state index >= 15 is 0 Å². The number of anilines is 1. The Bertz CT molecular complexity index is 357. The average molecular weight is 235 g/mol. The minimum atomic E-state index is 1.02. The first-order chi connectivity index (χ1) is 8.12. The Hall–Kier alpha value is -1.06. The predicted molar refractivity (Wildman–Crippen MR) is 75.2 cm³/mol. The van der Waals surface area contributed by atoms with Crippen molar-refractivity contribution in [2.45, 2.75) is 34.1 Å². The lowest BCUT2D eigenvalue weighted by Gasteiger charge is -2.19. The molecule has 0 unspecified atom stereocenters. The Morgan fingerprint density at radius 2 is 1.76 bits per heavy atom. The number of rotatable bonds is 6. The van der Waals surface area contributed by atoms with Crippen molar-refractivity contribution >= 4 is 5.69 Å². The number of hydrogen-bond donors (Lipinski definition) is 2. The van der Waals surface area contributed by atoms with Crippen LogP contribution in [0.15, 0.2) is 12.1 Å². The minimum Gasteiger partial charge on any atom is -0.324 e. The Kier molecular flexibility index (Phi) is 5.45. The van der Waals surface area contributed by atoms with Gasteiger partial charge in [-0.2, -0.15) is 0 Å². The summed E-state index contributed by atoms with van der Waals surface area (Å²) in [5.41, 5.74) is 7.72. The summed E-state index contributed by atoms with van der Waals surface area (Å²) >= 11 is 0. The van der Waals surface area contributed by atoms with Crippen molar-refractivity contribution < 1.29 is 0 Å². The first-order valence-electron chi connectivity index (χ1n) is 6.41. The molecule has 17 heavy (non-hydrogen) atoms. The topological polar surface area (TPSA) is 41.3 Å². The van der Waals surface area contributed by atoms with E-state index in [9.17, 15) is 0 Å². The van der Waals surface area contributed by atoms with Gasteiger partial charge in [0.05, 0.1) is 5.69 Å². The number of likely N-dealkylation sites (N-methyl/N-ethyl adjacent to an activating group) is 1. The van der Waals surface area contributed by atoms with Crippen molar-refractivity contribution in [3.8, 4) is 0 Å². The van der Waals surface area contributed by atoms with Gasteiger partial charge in [-0.05, 0) is 56.1 Å². The molecule has 0 fully saturated rings. The zero-order chi connectivity index (χ0) is 12.8. The second-order valence-electron chi connectivity index (χ2n) is 4.51. The van der Waals surface area contributed by atoms with Gasteiger partial charge < -0.3 is 10.3 Å². The third-order valence-electron chi connectivity index (χ3n) is 3.43. The molecule has 0 amide bonds. The van der Waals surface area contributed by atoms with Crippen LogP contribution in [-0.2, 0) is 6.42 Å². The first kappa shape index (κ1) is 14.0. The number of aryl methyl sites for hydroxylation is 2. The number of nitrogens with zero attached hydrogens (tertiary/aromatic N) is 1. The van der Waals surface area contributed by atoms with Crippen molar-refractivity contribution in [1.29, 1.82) is 0 Å². The van der Waals surface area contributed by atoms with Crippen molar-refractivity contribution in [2.24, 2.45) is 5.84 Å². The molecular weight excluding hydrogens is 210 g/mol. The van der Waals surface area contributed by atoms with Gasteiger partial charge >= 0.3 is 0 Å². The molecule has 0 aromatic heterocycles. The lowest BCUT2D eigenvalue weighted by Crippen LogP contribution is -2.25. The van der Waals surface area contributed by atoms with E-state index in [1.54, 1.807) is 0 Å². The Morgan fingerprint density at radius 3 is 2.29 bits per heavy atom. The third kappa shape index (κ3) is 3.72. The fourth-order valence-corrected chi connectivity index (χ4v) is 2.12. The minimum absolute atomic E-state index is 1.02. The Morgan fingerprint density at radius 1 is 1.12 bits per heavy atom. The van der Waals surface area contributed by atoms with Crippen molar-refractivity contribution in [3.63, 3.8) is 0 Å². The van der Waals surface area contributed by atoms with Crippen LogP contribution in [0.5, 0.6) is 0 Å². The molecule has 0 saturated carbocycles. The number of hydrogen-bond acceptors (Lipinski definition) is 3. The van der Waals surface area contributed by atoms with Crippen LogP contribution in [0.3, 0.4) is 0 Å². The molecule has 0 aliphatic heterocycles. The highest BCUT2D eigenvalue weighted by Gasteiger charge is 2.05. The number of benzene rings is 1. The quantitative estimate of drug-likeness (QED) is 0.588. The fraction of sp³-hybridized carbons (Fsp3) is 0.571. The van der Waals surface area contributed by atoms with Crippen molar-refractivity contribution in [2.75, 3.05) is 25.1 Å². The largest absolute Gasteiger partial charge is 0.324 e. The van der Waals surface area contributed by atoms with Gasteiger partial charge in [0.25, 0.3) is 0 Å². The van der Waals surface area contributed by atoms with Crippen LogP contribution in [-0.4, -0.2) is 24.5 Å². The second kappa shape index (κ2) is 6.62. The van der Waals surface area contributed by atoms with Gasteiger partial charge in [-0.25, -0.2) is 0 Å². The van der Waals surface area contributed by atoms with E-state index in [0.29, 0.717) is 0 Å². The van der Waals surface area contributed by atoms with E-state index in [1.165, 1.54) is 16.7 Å². The zero-order valence-electron chi connectivity index (χ0n) is 11.5. The van der Waals surface area contributed by atoms with E-state index in [2.05, 4.69) is 50.2 Å². The molecule has 3 heteroatoms. The number of nitrogen functional groups attached to an aromatic ring is 1. The highest BCUT2D eigenvalue weighted by Crippen LogP contribution is 2.20. The van der Waals surface area contributed by atoms with Crippen molar-refractivity contribution in [3.05, 3.63) is 28.8 Å². The van der Waals surface area contributed by atoms with Crippen LogP contribution in [0, 0.1) is 13.8 Å². The summed E-state index contributed by atoms with van der Waals surface area (Å²) in [6.45, 7) is 12.0. The average Bonchev–Trinajstić information content (AvgIpc) is 2.34. The maximum atomic E-state index is 5.48. The molecule has 3 nitrogen and oxygen atoms in total. The van der Waals surface area contributed by atoms with E-state index in [-0.39, 0.29) is 0 Å². The highest BCUT2D eigenvalue weighted by molar-refractivity contribution is 5.54. The summed E-state index contributed by atoms with van der Waals surface area (Å²) in [5.74, 6) is 5.48. The van der Waals surface area contributed by atoms with Gasteiger partial charge in [-0.15, -0.1) is 0 Å². The molecule has 0 bridgehead atoms. The van der Waals surface area contributed by atoms with Gasteiger partial charge in [0.1, 0.15) is 0 Å². The zero-order valence-corrected chi connectivity index (χ0v) is 11.5. The molecule has 0 radical (unpaired) electrons. The molecule has 0 aliphatic carbocycles. The summed E-state index contributed by atoms with van der Waals surface area (Å²) < 4.78 is 0. The number of nitrogens with one attached hydrogen (secondary N) is 1. The summed E-state index contributed by atoms with van der Waals surface area (Å²) in [7, 11) is 0. The van der Waals surface area contributed by atoms with Crippen molar-refractivity contribution in [1.82, 2.24) is 4.90 Å². The standard InChI is InChI=1S/C14H25N3/c1-5-17(6-2)8-7-13-9-12(4)14(16-15)10-11(13)3/h9-10,16H,5-8,15H2,1-4H3. The lowest BCUT2D eigenvalue weighted by atomic mass is 10.0. The second-order valence-corrected chi connectivity index (χ2v) is 4.51. The van der Waals surface area contributed by atoms with Gasteiger partial charge in [0.15, 0.2) is 0 Å². The maximum absolute atomic E-state index is 5.48. The third-order valence-corrected chi connectivity index (χ3v) is 3.43. The number of nitrogens with two attached hydrogens (primary N) is 1. The first-order valence-corrected chi connectivity index (χ1v) is 6.41. The van der Waals surface area contributed by atoms with Crippen LogP contribution in [0.25, 0.3) is 0 Å². The number of hydrazine groups is 1. The molecule has 0 spiro atoms. The molecule has 1 aromatic carbocycles. The molecular formula is C14H25N3. The maximum Gasteiger partial charge on any atom is 0.0517 e. The lowest BCUT2D eigenvalue weighted by molar-refractivity contribution is 0.308. The monoisotopic (exact) mass is 235 g/mol. The molecule has 1 aromatic rings. The molecule has 96 valence electrons. The summed E-state index contributed by atoms with van der Waals surface area (Å²) in [4.78, 5) is 2.45. The van der Waals surface area contributed by atoms with E-state index in [4.69, 9.17) is 5.84 Å². The van der Waals surface area contributed by atoms with E-state index in [0.717, 1.165) is 31.7 Å². The summed E-state index contributed by atoms with van der Waals surface area (Å²) in [6.07, 6.45) is 1.11. The summed E-state index contributed by atoms with van der Waals surface area (Å²) in [6, 6.07) is 4.38. The van der Waals surface area contributed by atoms with Gasteiger partial charge in [-0.3, -0.25) is 5.84 Å². The van der Waals surface area contributed by atoms with E-state index in [1.807, 2.05) is 0 Å². The molecule has 0 saturated heterocycles. The molecule has 0 atom stereocenters. The van der Waals surface area contributed by atoms with Crippen LogP contribution >= 0.6 is 0 Å².